The molecule has 2 nitrogen and oxygen atoms in total. The van der Waals surface area contributed by atoms with Gasteiger partial charge in [-0.05, 0) is 49.1 Å². The van der Waals surface area contributed by atoms with Crippen LogP contribution in [0.3, 0.4) is 0 Å². The number of fused-ring (bicyclic) bond motifs is 3. The van der Waals surface area contributed by atoms with E-state index in [0.717, 1.165) is 32.1 Å². The second kappa shape index (κ2) is 3.85. The molecule has 1 saturated carbocycles. The Morgan fingerprint density at radius 1 is 1.29 bits per heavy atom. The highest BCUT2D eigenvalue weighted by Gasteiger charge is 2.44. The van der Waals surface area contributed by atoms with E-state index in [1.165, 1.54) is 11.1 Å². The van der Waals surface area contributed by atoms with Crippen LogP contribution < -0.4 is 5.73 Å². The topological polar surface area (TPSA) is 49.8 Å². The van der Waals surface area contributed by atoms with E-state index in [-0.39, 0.29) is 11.5 Å². The molecular weight excluding hydrogens is 208 g/mol. The predicted octanol–water partition coefficient (Wildman–Crippen LogP) is 2.73. The van der Waals surface area contributed by atoms with E-state index in [1.807, 2.05) is 0 Å². The number of aryl methyl sites for hydroxylation is 1. The first kappa shape index (κ1) is 10.8. The Balaban J connectivity index is 1.99. The number of benzene rings is 1. The first-order valence-corrected chi connectivity index (χ1v) is 6.51. The Morgan fingerprint density at radius 2 is 2.12 bits per heavy atom. The van der Waals surface area contributed by atoms with Gasteiger partial charge in [-0.2, -0.15) is 5.26 Å². The van der Waals surface area contributed by atoms with Crippen molar-refractivity contribution in [3.63, 3.8) is 0 Å². The molecule has 2 aliphatic rings. The van der Waals surface area contributed by atoms with Crippen molar-refractivity contribution in [3.05, 3.63) is 35.4 Å². The number of hydrogen-bond donors (Lipinski definition) is 1. The highest BCUT2D eigenvalue weighted by atomic mass is 14.8. The maximum Gasteiger partial charge on any atom is 0.0655 e. The first-order chi connectivity index (χ1) is 8.24. The lowest BCUT2D eigenvalue weighted by Gasteiger charge is -2.47. The Bertz CT molecular complexity index is 474. The Labute approximate surface area is 102 Å². The van der Waals surface area contributed by atoms with Gasteiger partial charge in [-0.15, -0.1) is 0 Å². The Hall–Kier alpha value is -1.33. The van der Waals surface area contributed by atoms with Gasteiger partial charge in [0.05, 0.1) is 6.07 Å². The molecule has 17 heavy (non-hydrogen) atoms. The van der Waals surface area contributed by atoms with Crippen LogP contribution in [0.25, 0.3) is 0 Å². The summed E-state index contributed by atoms with van der Waals surface area (Å²) in [6.45, 7) is 0. The summed E-state index contributed by atoms with van der Waals surface area (Å²) in [6, 6.07) is 11.0. The normalized spacial score (nSPS) is 35.5. The molecule has 0 spiro atoms. The molecule has 0 aliphatic heterocycles. The van der Waals surface area contributed by atoms with E-state index in [2.05, 4.69) is 30.3 Å². The molecule has 0 aromatic heterocycles. The van der Waals surface area contributed by atoms with Crippen molar-refractivity contribution in [2.24, 2.45) is 17.6 Å². The first-order valence-electron chi connectivity index (χ1n) is 6.51. The third-order valence-electron chi connectivity index (χ3n) is 4.67. The summed E-state index contributed by atoms with van der Waals surface area (Å²) in [5.41, 5.74) is 9.28. The average molecular weight is 226 g/mol. The molecule has 1 aromatic rings. The average Bonchev–Trinajstić information content (AvgIpc) is 2.38. The van der Waals surface area contributed by atoms with Crippen LogP contribution in [-0.4, -0.2) is 0 Å². The summed E-state index contributed by atoms with van der Waals surface area (Å²) in [5, 5.41) is 9.07. The third-order valence-corrected chi connectivity index (χ3v) is 4.67. The van der Waals surface area contributed by atoms with E-state index in [9.17, 15) is 0 Å². The molecule has 1 aromatic carbocycles. The van der Waals surface area contributed by atoms with Crippen LogP contribution in [0.2, 0.25) is 0 Å². The van der Waals surface area contributed by atoms with Crippen molar-refractivity contribution < 1.29 is 0 Å². The molecular formula is C15H18N2. The molecule has 1 unspecified atom stereocenters. The smallest absolute Gasteiger partial charge is 0.0655 e. The summed E-state index contributed by atoms with van der Waals surface area (Å²) < 4.78 is 0. The third kappa shape index (κ3) is 1.57. The molecule has 0 radical (unpaired) electrons. The molecule has 88 valence electrons. The van der Waals surface area contributed by atoms with Gasteiger partial charge in [0.25, 0.3) is 0 Å². The van der Waals surface area contributed by atoms with Crippen molar-refractivity contribution in [1.82, 2.24) is 0 Å². The van der Waals surface area contributed by atoms with Crippen LogP contribution in [0.15, 0.2) is 24.3 Å². The highest BCUT2D eigenvalue weighted by molar-refractivity contribution is 5.37. The Morgan fingerprint density at radius 3 is 2.94 bits per heavy atom. The minimum Gasteiger partial charge on any atom is -0.321 e. The van der Waals surface area contributed by atoms with E-state index < -0.39 is 0 Å². The minimum absolute atomic E-state index is 0.164. The van der Waals surface area contributed by atoms with Crippen molar-refractivity contribution in [1.29, 1.82) is 5.26 Å². The fourth-order valence-corrected chi connectivity index (χ4v) is 3.66. The van der Waals surface area contributed by atoms with Gasteiger partial charge in [-0.1, -0.05) is 24.3 Å². The van der Waals surface area contributed by atoms with Crippen LogP contribution in [0, 0.1) is 23.2 Å². The van der Waals surface area contributed by atoms with Gasteiger partial charge in [0.1, 0.15) is 0 Å². The van der Waals surface area contributed by atoms with Crippen molar-refractivity contribution in [3.8, 4) is 6.07 Å². The monoisotopic (exact) mass is 226 g/mol. The predicted molar refractivity (Wildman–Crippen MR) is 67.1 cm³/mol. The number of hydrogen-bond acceptors (Lipinski definition) is 2. The molecule has 1 fully saturated rings. The maximum absolute atomic E-state index is 9.07. The molecule has 0 heterocycles. The van der Waals surface area contributed by atoms with Crippen molar-refractivity contribution >= 4 is 0 Å². The van der Waals surface area contributed by atoms with E-state index in [1.54, 1.807) is 0 Å². The van der Waals surface area contributed by atoms with Crippen molar-refractivity contribution in [2.75, 3.05) is 0 Å². The maximum atomic E-state index is 9.07. The van der Waals surface area contributed by atoms with Gasteiger partial charge in [0.15, 0.2) is 0 Å². The second-order valence-corrected chi connectivity index (χ2v) is 5.53. The van der Waals surface area contributed by atoms with Gasteiger partial charge < -0.3 is 5.73 Å². The van der Waals surface area contributed by atoms with E-state index in [4.69, 9.17) is 11.0 Å². The number of rotatable bonds is 0. The molecule has 2 aliphatic carbocycles. The SMILES string of the molecule is N#CC1CC[C@@]2(N)c3ccccc3CC[C@H]2C1. The molecule has 0 amide bonds. The number of nitrogens with zero attached hydrogens (tertiary/aromatic N) is 1. The van der Waals surface area contributed by atoms with Crippen molar-refractivity contribution in [2.45, 2.75) is 37.6 Å². The lowest BCUT2D eigenvalue weighted by atomic mass is 9.61. The van der Waals surface area contributed by atoms with Crippen LogP contribution in [0.1, 0.15) is 36.8 Å². The van der Waals surface area contributed by atoms with Gasteiger partial charge in [0, 0.05) is 11.5 Å². The highest BCUT2D eigenvalue weighted by Crippen LogP contribution is 2.47. The second-order valence-electron chi connectivity index (χ2n) is 5.53. The molecule has 0 saturated heterocycles. The summed E-state index contributed by atoms with van der Waals surface area (Å²) in [5.74, 6) is 0.720. The standard InChI is InChI=1S/C15H18N2/c16-10-11-7-8-15(17)13(9-11)6-5-12-3-1-2-4-14(12)15/h1-4,11,13H,5-9,17H2/t11?,13-,15-/m0/s1. The minimum atomic E-state index is -0.164. The lowest BCUT2D eigenvalue weighted by Crippen LogP contribution is -2.50. The van der Waals surface area contributed by atoms with Gasteiger partial charge in [-0.25, -0.2) is 0 Å². The van der Waals surface area contributed by atoms with E-state index >= 15 is 0 Å². The Kier molecular flexibility index (Phi) is 2.45. The summed E-state index contributed by atoms with van der Waals surface area (Å²) in [7, 11) is 0. The van der Waals surface area contributed by atoms with Gasteiger partial charge in [0.2, 0.25) is 0 Å². The molecule has 3 rings (SSSR count). The fourth-order valence-electron chi connectivity index (χ4n) is 3.66. The lowest BCUT2D eigenvalue weighted by molar-refractivity contribution is 0.142. The van der Waals surface area contributed by atoms with E-state index in [0.29, 0.717) is 5.92 Å². The summed E-state index contributed by atoms with van der Waals surface area (Å²) in [4.78, 5) is 0. The van der Waals surface area contributed by atoms with Crippen LogP contribution >= 0.6 is 0 Å². The quantitative estimate of drug-likeness (QED) is 0.739. The fraction of sp³-hybridized carbons (Fsp3) is 0.533. The van der Waals surface area contributed by atoms with Gasteiger partial charge in [-0.3, -0.25) is 0 Å². The van der Waals surface area contributed by atoms with Crippen LogP contribution in [-0.2, 0) is 12.0 Å². The zero-order chi connectivity index (χ0) is 11.9. The largest absolute Gasteiger partial charge is 0.321 e. The zero-order valence-electron chi connectivity index (χ0n) is 10.0. The molecule has 2 N–H and O–H groups in total. The zero-order valence-corrected chi connectivity index (χ0v) is 10.0. The molecule has 0 bridgehead atoms. The van der Waals surface area contributed by atoms with Gasteiger partial charge >= 0.3 is 0 Å². The summed E-state index contributed by atoms with van der Waals surface area (Å²) >= 11 is 0. The molecule has 3 atom stereocenters. The molecule has 2 heteroatoms. The van der Waals surface area contributed by atoms with Crippen LogP contribution in [0.4, 0.5) is 0 Å². The number of nitrogens with two attached hydrogens (primary N) is 1. The van der Waals surface area contributed by atoms with Crippen LogP contribution in [0.5, 0.6) is 0 Å². The summed E-state index contributed by atoms with van der Waals surface area (Å²) in [6.07, 6.45) is 5.18. The number of nitriles is 1.